The average molecular weight is 341 g/mol. The van der Waals surface area contributed by atoms with Crippen LogP contribution >= 0.6 is 15.9 Å². The molecule has 0 aliphatic heterocycles. The van der Waals surface area contributed by atoms with Crippen molar-refractivity contribution < 1.29 is 17.5 Å². The number of ether oxygens (including phenoxy) is 1. The molecule has 102 valence electrons. The summed E-state index contributed by atoms with van der Waals surface area (Å²) >= 11 is 3.14. The average Bonchev–Trinajstić information content (AvgIpc) is 2.29. The fraction of sp³-hybridized carbons (Fsp3) is 0.400. The number of anilines is 1. The van der Waals surface area contributed by atoms with Gasteiger partial charge in [-0.2, -0.15) is 0 Å². The summed E-state index contributed by atoms with van der Waals surface area (Å²) in [5, 5.41) is 0. The van der Waals surface area contributed by atoms with Crippen molar-refractivity contribution in [3.05, 3.63) is 28.5 Å². The number of nitrogens with one attached hydrogen (secondary N) is 1. The van der Waals surface area contributed by atoms with Gasteiger partial charge in [-0.1, -0.05) is 15.9 Å². The molecular formula is C10H14BrFN2O3S. The van der Waals surface area contributed by atoms with E-state index in [2.05, 4.69) is 20.7 Å². The van der Waals surface area contributed by atoms with Gasteiger partial charge in [0.2, 0.25) is 10.0 Å². The molecule has 18 heavy (non-hydrogen) atoms. The van der Waals surface area contributed by atoms with Crippen molar-refractivity contribution in [2.75, 3.05) is 30.2 Å². The molecule has 0 saturated heterocycles. The summed E-state index contributed by atoms with van der Waals surface area (Å²) in [6, 6.07) is 4.01. The van der Waals surface area contributed by atoms with Crippen LogP contribution in [0.2, 0.25) is 0 Å². The monoisotopic (exact) mass is 340 g/mol. The number of hydrogen-bond acceptors (Lipinski definition) is 4. The summed E-state index contributed by atoms with van der Waals surface area (Å²) in [5.41, 5.74) is 5.10. The van der Waals surface area contributed by atoms with E-state index >= 15 is 0 Å². The van der Waals surface area contributed by atoms with Gasteiger partial charge in [0.25, 0.3) is 0 Å². The highest BCUT2D eigenvalue weighted by Gasteiger charge is 2.13. The first kappa shape index (κ1) is 15.4. The lowest BCUT2D eigenvalue weighted by atomic mass is 10.3. The van der Waals surface area contributed by atoms with E-state index < -0.39 is 15.8 Å². The van der Waals surface area contributed by atoms with Crippen molar-refractivity contribution in [3.63, 3.8) is 0 Å². The van der Waals surface area contributed by atoms with Crippen molar-refractivity contribution in [2.45, 2.75) is 0 Å². The predicted octanol–water partition coefficient (Wildman–Crippen LogP) is 1.31. The van der Waals surface area contributed by atoms with Crippen LogP contribution in [-0.4, -0.2) is 33.9 Å². The predicted molar refractivity (Wildman–Crippen MR) is 71.4 cm³/mol. The van der Waals surface area contributed by atoms with E-state index in [-0.39, 0.29) is 18.0 Å². The Labute approximate surface area is 114 Å². The molecule has 3 N–H and O–H groups in total. The third-order valence-corrected chi connectivity index (χ3v) is 3.68. The van der Waals surface area contributed by atoms with Crippen LogP contribution in [0.4, 0.5) is 10.1 Å². The molecule has 8 heteroatoms. The largest absolute Gasteiger partial charge is 0.379 e. The number of benzene rings is 1. The Balaban J connectivity index is 2.62. The quantitative estimate of drug-likeness (QED) is 0.733. The van der Waals surface area contributed by atoms with Gasteiger partial charge in [-0.3, -0.25) is 4.72 Å². The number of sulfonamides is 1. The Morgan fingerprint density at radius 1 is 1.39 bits per heavy atom. The molecule has 0 aromatic heterocycles. The molecule has 0 spiro atoms. The third kappa shape index (κ3) is 5.30. The zero-order valence-electron chi connectivity index (χ0n) is 9.53. The lowest BCUT2D eigenvalue weighted by Gasteiger charge is -2.09. The molecule has 0 heterocycles. The lowest BCUT2D eigenvalue weighted by molar-refractivity contribution is 0.157. The van der Waals surface area contributed by atoms with Gasteiger partial charge in [-0.15, -0.1) is 0 Å². The Hall–Kier alpha value is -0.700. The van der Waals surface area contributed by atoms with Crippen LogP contribution in [0.5, 0.6) is 0 Å². The van der Waals surface area contributed by atoms with E-state index in [9.17, 15) is 12.8 Å². The number of hydrogen-bond donors (Lipinski definition) is 2. The minimum absolute atomic E-state index is 0.0160. The van der Waals surface area contributed by atoms with Gasteiger partial charge in [-0.05, 0) is 18.2 Å². The van der Waals surface area contributed by atoms with Crippen molar-refractivity contribution in [1.29, 1.82) is 0 Å². The third-order valence-electron chi connectivity index (χ3n) is 1.95. The first-order valence-electron chi connectivity index (χ1n) is 5.18. The van der Waals surface area contributed by atoms with Crippen LogP contribution in [-0.2, 0) is 14.8 Å². The highest BCUT2D eigenvalue weighted by atomic mass is 79.9. The zero-order chi connectivity index (χ0) is 13.6. The smallest absolute Gasteiger partial charge is 0.235 e. The minimum atomic E-state index is -3.63. The van der Waals surface area contributed by atoms with E-state index in [1.807, 2.05) is 0 Å². The molecule has 0 aliphatic carbocycles. The maximum atomic E-state index is 13.3. The van der Waals surface area contributed by atoms with E-state index in [1.165, 1.54) is 18.2 Å². The molecule has 0 fully saturated rings. The molecule has 0 aliphatic rings. The Kier molecular flexibility index (Phi) is 6.00. The maximum Gasteiger partial charge on any atom is 0.235 e. The normalized spacial score (nSPS) is 11.5. The molecule has 1 aromatic carbocycles. The number of rotatable bonds is 7. The molecule has 1 rings (SSSR count). The van der Waals surface area contributed by atoms with Crippen LogP contribution in [0.15, 0.2) is 22.7 Å². The summed E-state index contributed by atoms with van der Waals surface area (Å²) in [5.74, 6) is -0.886. The first-order chi connectivity index (χ1) is 8.44. The second kappa shape index (κ2) is 7.03. The van der Waals surface area contributed by atoms with Crippen molar-refractivity contribution in [2.24, 2.45) is 5.73 Å². The van der Waals surface area contributed by atoms with E-state index in [4.69, 9.17) is 10.5 Å². The fourth-order valence-electron chi connectivity index (χ4n) is 1.15. The highest BCUT2D eigenvalue weighted by molar-refractivity contribution is 9.10. The van der Waals surface area contributed by atoms with Crippen LogP contribution in [0.1, 0.15) is 0 Å². The fourth-order valence-corrected chi connectivity index (χ4v) is 2.44. The van der Waals surface area contributed by atoms with Gasteiger partial charge in [0.05, 0.1) is 24.7 Å². The van der Waals surface area contributed by atoms with E-state index in [1.54, 1.807) is 0 Å². The van der Waals surface area contributed by atoms with Gasteiger partial charge in [-0.25, -0.2) is 12.8 Å². The van der Waals surface area contributed by atoms with Crippen molar-refractivity contribution in [1.82, 2.24) is 0 Å². The van der Waals surface area contributed by atoms with Crippen LogP contribution in [0.25, 0.3) is 0 Å². The topological polar surface area (TPSA) is 81.4 Å². The molecule has 0 amide bonds. The van der Waals surface area contributed by atoms with Crippen LogP contribution < -0.4 is 10.5 Å². The van der Waals surface area contributed by atoms with Crippen molar-refractivity contribution in [3.8, 4) is 0 Å². The summed E-state index contributed by atoms with van der Waals surface area (Å²) in [6.45, 7) is 0.636. The molecule has 1 aromatic rings. The van der Waals surface area contributed by atoms with Gasteiger partial charge in [0.1, 0.15) is 5.82 Å². The highest BCUT2D eigenvalue weighted by Crippen LogP contribution is 2.20. The molecule has 0 saturated carbocycles. The Morgan fingerprint density at radius 3 is 2.78 bits per heavy atom. The van der Waals surface area contributed by atoms with Crippen molar-refractivity contribution >= 4 is 31.6 Å². The summed E-state index contributed by atoms with van der Waals surface area (Å²) in [4.78, 5) is 0. The van der Waals surface area contributed by atoms with E-state index in [0.717, 1.165) is 0 Å². The first-order valence-corrected chi connectivity index (χ1v) is 7.62. The summed E-state index contributed by atoms with van der Waals surface area (Å²) in [7, 11) is -3.63. The lowest BCUT2D eigenvalue weighted by Crippen LogP contribution is -2.22. The number of nitrogens with two attached hydrogens (primary N) is 1. The molecule has 0 bridgehead atoms. The second-order valence-corrected chi connectivity index (χ2v) is 6.20. The van der Waals surface area contributed by atoms with Crippen LogP contribution in [0.3, 0.4) is 0 Å². The SMILES string of the molecule is NCCOCCS(=O)(=O)Nc1cc(Br)ccc1F. The standard InChI is InChI=1S/C10H14BrFN2O3S/c11-8-1-2-9(12)10(7-8)14-18(15,16)6-5-17-4-3-13/h1-2,7,14H,3-6,13H2. The van der Waals surface area contributed by atoms with Crippen LogP contribution in [0, 0.1) is 5.82 Å². The van der Waals surface area contributed by atoms with Gasteiger partial charge in [0.15, 0.2) is 0 Å². The molecule has 0 atom stereocenters. The number of halogens is 2. The Morgan fingerprint density at radius 2 is 2.11 bits per heavy atom. The Bertz CT molecular complexity index is 496. The second-order valence-electron chi connectivity index (χ2n) is 3.45. The molecule has 0 unspecified atom stereocenters. The van der Waals surface area contributed by atoms with Gasteiger partial charge >= 0.3 is 0 Å². The summed E-state index contributed by atoms with van der Waals surface area (Å²) in [6.07, 6.45) is 0. The zero-order valence-corrected chi connectivity index (χ0v) is 11.9. The maximum absolute atomic E-state index is 13.3. The molecule has 5 nitrogen and oxygen atoms in total. The molecular weight excluding hydrogens is 327 g/mol. The van der Waals surface area contributed by atoms with E-state index in [0.29, 0.717) is 17.6 Å². The van der Waals surface area contributed by atoms with Gasteiger partial charge < -0.3 is 10.5 Å². The van der Waals surface area contributed by atoms with Gasteiger partial charge in [0, 0.05) is 11.0 Å². The summed E-state index contributed by atoms with van der Waals surface area (Å²) < 4.78 is 44.3. The minimum Gasteiger partial charge on any atom is -0.379 e. The molecule has 0 radical (unpaired) electrons.